The smallest absolute Gasteiger partial charge is 0.0632 e. The molecule has 2 aromatic carbocycles. The van der Waals surface area contributed by atoms with E-state index in [0.717, 1.165) is 33.2 Å². The standard InChI is InChI=1S/C17H16BrN3/c1-21(11-13-4-2-3-5-15(13)18)16-7-6-12-10-20-9-8-14(12)17(16)19/h2-10H,11,19H2,1H3. The van der Waals surface area contributed by atoms with Crippen molar-refractivity contribution in [2.75, 3.05) is 17.7 Å². The first-order chi connectivity index (χ1) is 10.2. The summed E-state index contributed by atoms with van der Waals surface area (Å²) >= 11 is 3.59. The van der Waals surface area contributed by atoms with Crippen molar-refractivity contribution < 1.29 is 0 Å². The molecule has 3 aromatic rings. The van der Waals surface area contributed by atoms with Crippen molar-refractivity contribution in [3.05, 3.63) is 64.9 Å². The second-order valence-electron chi connectivity index (χ2n) is 5.04. The fraction of sp³-hybridized carbons (Fsp3) is 0.118. The molecule has 0 atom stereocenters. The van der Waals surface area contributed by atoms with E-state index in [9.17, 15) is 0 Å². The molecule has 1 aromatic heterocycles. The molecular formula is C17H16BrN3. The van der Waals surface area contributed by atoms with Crippen molar-refractivity contribution in [3.8, 4) is 0 Å². The molecular weight excluding hydrogens is 326 g/mol. The van der Waals surface area contributed by atoms with Gasteiger partial charge in [0.1, 0.15) is 0 Å². The second-order valence-corrected chi connectivity index (χ2v) is 5.90. The Morgan fingerprint density at radius 3 is 2.76 bits per heavy atom. The van der Waals surface area contributed by atoms with Gasteiger partial charge in [-0.15, -0.1) is 0 Å². The zero-order valence-electron chi connectivity index (χ0n) is 11.8. The Bertz CT molecular complexity index is 786. The topological polar surface area (TPSA) is 42.2 Å². The third-order valence-electron chi connectivity index (χ3n) is 3.62. The molecule has 21 heavy (non-hydrogen) atoms. The van der Waals surface area contributed by atoms with Gasteiger partial charge in [0.25, 0.3) is 0 Å². The molecule has 0 fully saturated rings. The monoisotopic (exact) mass is 341 g/mol. The van der Waals surface area contributed by atoms with Gasteiger partial charge in [-0.1, -0.05) is 40.2 Å². The summed E-state index contributed by atoms with van der Waals surface area (Å²) in [7, 11) is 2.05. The normalized spacial score (nSPS) is 10.8. The summed E-state index contributed by atoms with van der Waals surface area (Å²) in [5.74, 6) is 0. The Balaban J connectivity index is 1.97. The molecule has 0 spiro atoms. The van der Waals surface area contributed by atoms with E-state index < -0.39 is 0 Å². The van der Waals surface area contributed by atoms with Crippen LogP contribution in [0.5, 0.6) is 0 Å². The molecule has 0 aliphatic rings. The summed E-state index contributed by atoms with van der Waals surface area (Å²) in [4.78, 5) is 6.29. The van der Waals surface area contributed by atoms with Gasteiger partial charge in [0.05, 0.1) is 11.4 Å². The minimum atomic E-state index is 0.794. The lowest BCUT2D eigenvalue weighted by atomic mass is 10.1. The lowest BCUT2D eigenvalue weighted by Crippen LogP contribution is -2.18. The lowest BCUT2D eigenvalue weighted by molar-refractivity contribution is 0.921. The van der Waals surface area contributed by atoms with Gasteiger partial charge in [0, 0.05) is 41.2 Å². The Labute approximate surface area is 132 Å². The van der Waals surface area contributed by atoms with Gasteiger partial charge in [0.2, 0.25) is 0 Å². The summed E-state index contributed by atoms with van der Waals surface area (Å²) in [5.41, 5.74) is 9.39. The van der Waals surface area contributed by atoms with E-state index in [-0.39, 0.29) is 0 Å². The highest BCUT2D eigenvalue weighted by Gasteiger charge is 2.10. The second kappa shape index (κ2) is 5.74. The predicted molar refractivity (Wildman–Crippen MR) is 92.4 cm³/mol. The van der Waals surface area contributed by atoms with Crippen molar-refractivity contribution in [1.29, 1.82) is 0 Å². The fourth-order valence-corrected chi connectivity index (χ4v) is 2.89. The Morgan fingerprint density at radius 1 is 1.14 bits per heavy atom. The summed E-state index contributed by atoms with van der Waals surface area (Å²) in [6.45, 7) is 0.794. The van der Waals surface area contributed by atoms with E-state index in [1.807, 2.05) is 24.4 Å². The van der Waals surface area contributed by atoms with E-state index in [2.05, 4.69) is 57.1 Å². The fourth-order valence-electron chi connectivity index (χ4n) is 2.48. The number of nitrogens with two attached hydrogens (primary N) is 1. The van der Waals surface area contributed by atoms with Crippen molar-refractivity contribution >= 4 is 38.1 Å². The van der Waals surface area contributed by atoms with E-state index in [1.54, 1.807) is 6.20 Å². The third kappa shape index (κ3) is 2.72. The van der Waals surface area contributed by atoms with Crippen molar-refractivity contribution in [2.24, 2.45) is 0 Å². The van der Waals surface area contributed by atoms with Gasteiger partial charge < -0.3 is 10.6 Å². The molecule has 3 rings (SSSR count). The summed E-state index contributed by atoms with van der Waals surface area (Å²) in [5, 5.41) is 2.11. The molecule has 0 radical (unpaired) electrons. The Morgan fingerprint density at radius 2 is 1.95 bits per heavy atom. The molecule has 4 heteroatoms. The third-order valence-corrected chi connectivity index (χ3v) is 4.39. The molecule has 0 bridgehead atoms. The molecule has 0 unspecified atom stereocenters. The summed E-state index contributed by atoms with van der Waals surface area (Å²) < 4.78 is 1.11. The Kier molecular flexibility index (Phi) is 3.80. The van der Waals surface area contributed by atoms with Gasteiger partial charge in [0.15, 0.2) is 0 Å². The van der Waals surface area contributed by atoms with Crippen LogP contribution in [0, 0.1) is 0 Å². The van der Waals surface area contributed by atoms with E-state index >= 15 is 0 Å². The molecule has 1 heterocycles. The van der Waals surface area contributed by atoms with Crippen LogP contribution in [0.15, 0.2) is 59.3 Å². The first-order valence-electron chi connectivity index (χ1n) is 6.73. The number of aromatic nitrogens is 1. The number of rotatable bonds is 3. The van der Waals surface area contributed by atoms with Gasteiger partial charge in [-0.2, -0.15) is 0 Å². The van der Waals surface area contributed by atoms with Crippen LogP contribution in [0.25, 0.3) is 10.8 Å². The number of hydrogen-bond donors (Lipinski definition) is 1. The lowest BCUT2D eigenvalue weighted by Gasteiger charge is -2.22. The number of anilines is 2. The maximum Gasteiger partial charge on any atom is 0.0632 e. The first-order valence-corrected chi connectivity index (χ1v) is 7.53. The molecule has 0 saturated carbocycles. The van der Waals surface area contributed by atoms with Gasteiger partial charge >= 0.3 is 0 Å². The Hall–Kier alpha value is -2.07. The van der Waals surface area contributed by atoms with Crippen LogP contribution < -0.4 is 10.6 Å². The number of nitrogen functional groups attached to an aromatic ring is 1. The van der Waals surface area contributed by atoms with Crippen LogP contribution in [-0.2, 0) is 6.54 Å². The van der Waals surface area contributed by atoms with Crippen LogP contribution in [0.1, 0.15) is 5.56 Å². The molecule has 0 amide bonds. The quantitative estimate of drug-likeness (QED) is 0.725. The zero-order chi connectivity index (χ0) is 14.8. The van der Waals surface area contributed by atoms with Gasteiger partial charge in [-0.05, 0) is 23.8 Å². The maximum absolute atomic E-state index is 6.33. The highest BCUT2D eigenvalue weighted by Crippen LogP contribution is 2.31. The minimum absolute atomic E-state index is 0.794. The van der Waals surface area contributed by atoms with E-state index in [1.165, 1.54) is 5.56 Å². The minimum Gasteiger partial charge on any atom is -0.397 e. The number of benzene rings is 2. The molecule has 0 saturated heterocycles. The number of halogens is 1. The van der Waals surface area contributed by atoms with E-state index in [0.29, 0.717) is 0 Å². The largest absolute Gasteiger partial charge is 0.397 e. The zero-order valence-corrected chi connectivity index (χ0v) is 13.3. The summed E-state index contributed by atoms with van der Waals surface area (Å²) in [6.07, 6.45) is 3.61. The molecule has 3 nitrogen and oxygen atoms in total. The van der Waals surface area contributed by atoms with Crippen LogP contribution in [0.2, 0.25) is 0 Å². The number of pyridine rings is 1. The van der Waals surface area contributed by atoms with E-state index in [4.69, 9.17) is 5.73 Å². The van der Waals surface area contributed by atoms with Crippen molar-refractivity contribution in [2.45, 2.75) is 6.54 Å². The average Bonchev–Trinajstić information content (AvgIpc) is 2.50. The van der Waals surface area contributed by atoms with Crippen LogP contribution >= 0.6 is 15.9 Å². The first kappa shape index (κ1) is 13.9. The highest BCUT2D eigenvalue weighted by atomic mass is 79.9. The van der Waals surface area contributed by atoms with Crippen LogP contribution in [0.4, 0.5) is 11.4 Å². The maximum atomic E-state index is 6.33. The average molecular weight is 342 g/mol. The highest BCUT2D eigenvalue weighted by molar-refractivity contribution is 9.10. The van der Waals surface area contributed by atoms with Crippen LogP contribution in [0.3, 0.4) is 0 Å². The molecule has 2 N–H and O–H groups in total. The SMILES string of the molecule is CN(Cc1ccccc1Br)c1ccc2cnccc2c1N. The van der Waals surface area contributed by atoms with Gasteiger partial charge in [-0.25, -0.2) is 0 Å². The number of nitrogens with zero attached hydrogens (tertiary/aromatic N) is 2. The van der Waals surface area contributed by atoms with Crippen molar-refractivity contribution in [3.63, 3.8) is 0 Å². The molecule has 0 aliphatic heterocycles. The number of fused-ring (bicyclic) bond motifs is 1. The van der Waals surface area contributed by atoms with Gasteiger partial charge in [-0.3, -0.25) is 4.98 Å². The predicted octanol–water partition coefficient (Wildman–Crippen LogP) is 4.22. The van der Waals surface area contributed by atoms with Crippen molar-refractivity contribution in [1.82, 2.24) is 4.98 Å². The molecule has 0 aliphatic carbocycles. The summed E-state index contributed by atoms with van der Waals surface area (Å²) in [6, 6.07) is 14.3. The van der Waals surface area contributed by atoms with Crippen LogP contribution in [-0.4, -0.2) is 12.0 Å². The molecule has 106 valence electrons. The number of hydrogen-bond acceptors (Lipinski definition) is 3.